The van der Waals surface area contributed by atoms with Gasteiger partial charge in [-0.05, 0) is 85.4 Å². The number of hydrogen-bond acceptors (Lipinski definition) is 1. The Morgan fingerprint density at radius 2 is 1.62 bits per heavy atom. The summed E-state index contributed by atoms with van der Waals surface area (Å²) in [4.78, 5) is 0. The van der Waals surface area contributed by atoms with E-state index in [0.29, 0.717) is 17.0 Å². The second kappa shape index (κ2) is 10.8. The predicted molar refractivity (Wildman–Crippen MR) is 133 cm³/mol. The van der Waals surface area contributed by atoms with Gasteiger partial charge in [-0.1, -0.05) is 48.6 Å². The Balaban J connectivity index is 1.52. The van der Waals surface area contributed by atoms with E-state index in [2.05, 4.69) is 12.7 Å². The zero-order valence-corrected chi connectivity index (χ0v) is 19.4. The molecule has 1 unspecified atom stereocenters. The Morgan fingerprint density at radius 1 is 0.912 bits per heavy atom. The van der Waals surface area contributed by atoms with Crippen molar-refractivity contribution < 1.29 is 17.9 Å². The molecule has 0 fully saturated rings. The van der Waals surface area contributed by atoms with Crippen LogP contribution in [0.3, 0.4) is 0 Å². The lowest BCUT2D eigenvalue weighted by atomic mass is 9.84. The lowest BCUT2D eigenvalue weighted by Crippen LogP contribution is -2.06. The van der Waals surface area contributed by atoms with Gasteiger partial charge in [-0.3, -0.25) is 0 Å². The van der Waals surface area contributed by atoms with Crippen LogP contribution in [0.2, 0.25) is 0 Å². The number of allylic oxidation sites excluding steroid dienone is 3. The fourth-order valence-corrected chi connectivity index (χ4v) is 4.57. The minimum absolute atomic E-state index is 0.101. The van der Waals surface area contributed by atoms with Crippen molar-refractivity contribution in [3.05, 3.63) is 96.3 Å². The van der Waals surface area contributed by atoms with Crippen LogP contribution in [0.1, 0.15) is 44.6 Å². The van der Waals surface area contributed by atoms with E-state index in [1.807, 2.05) is 18.2 Å². The van der Waals surface area contributed by atoms with E-state index in [1.54, 1.807) is 37.3 Å². The van der Waals surface area contributed by atoms with Crippen molar-refractivity contribution >= 4 is 5.57 Å². The zero-order valence-electron chi connectivity index (χ0n) is 19.4. The summed E-state index contributed by atoms with van der Waals surface area (Å²) >= 11 is 0. The summed E-state index contributed by atoms with van der Waals surface area (Å²) < 4.78 is 48.9. The van der Waals surface area contributed by atoms with Gasteiger partial charge >= 0.3 is 0 Å². The number of rotatable bonds is 8. The lowest BCUT2D eigenvalue weighted by Gasteiger charge is -2.22. The van der Waals surface area contributed by atoms with Gasteiger partial charge in [0.25, 0.3) is 0 Å². The molecule has 0 aromatic heterocycles. The van der Waals surface area contributed by atoms with Crippen LogP contribution < -0.4 is 4.74 Å². The van der Waals surface area contributed by atoms with Crippen molar-refractivity contribution in [1.29, 1.82) is 0 Å². The first-order valence-corrected chi connectivity index (χ1v) is 11.8. The highest BCUT2D eigenvalue weighted by molar-refractivity contribution is 5.74. The molecule has 34 heavy (non-hydrogen) atoms. The molecule has 4 rings (SSSR count). The first-order valence-electron chi connectivity index (χ1n) is 11.8. The molecule has 176 valence electrons. The summed E-state index contributed by atoms with van der Waals surface area (Å²) in [6.45, 7) is 5.76. The van der Waals surface area contributed by atoms with E-state index in [-0.39, 0.29) is 23.7 Å². The molecule has 1 aliphatic rings. The molecule has 1 atom stereocenters. The maximum absolute atomic E-state index is 15.0. The molecule has 3 aromatic rings. The van der Waals surface area contributed by atoms with Crippen molar-refractivity contribution in [1.82, 2.24) is 0 Å². The van der Waals surface area contributed by atoms with Crippen LogP contribution >= 0.6 is 0 Å². The van der Waals surface area contributed by atoms with Crippen LogP contribution in [-0.2, 0) is 0 Å². The maximum Gasteiger partial charge on any atom is 0.201 e. The molecule has 3 aromatic carbocycles. The highest BCUT2D eigenvalue weighted by Crippen LogP contribution is 2.35. The fourth-order valence-electron chi connectivity index (χ4n) is 4.57. The SMILES string of the molecule is C=CCCC1CC=C(c2ccc(-c3ccc(-c4ccc(OCC)c(F)c4F)cc3)cc2F)CC1. The van der Waals surface area contributed by atoms with E-state index in [9.17, 15) is 8.78 Å². The summed E-state index contributed by atoms with van der Waals surface area (Å²) in [5.41, 5.74) is 3.98. The highest BCUT2D eigenvalue weighted by atomic mass is 19.2. The molecule has 1 nitrogen and oxygen atoms in total. The van der Waals surface area contributed by atoms with Gasteiger partial charge in [-0.25, -0.2) is 8.78 Å². The Hall–Kier alpha value is -3.27. The third kappa shape index (κ3) is 5.11. The fraction of sp³-hybridized carbons (Fsp3) is 0.267. The van der Waals surface area contributed by atoms with Crippen molar-refractivity contribution in [3.63, 3.8) is 0 Å². The molecule has 0 aliphatic heterocycles. The zero-order chi connectivity index (χ0) is 24.1. The summed E-state index contributed by atoms with van der Waals surface area (Å²) in [5, 5.41) is 0. The van der Waals surface area contributed by atoms with Crippen LogP contribution in [0.5, 0.6) is 5.75 Å². The van der Waals surface area contributed by atoms with Gasteiger partial charge in [0.2, 0.25) is 5.82 Å². The van der Waals surface area contributed by atoms with Crippen molar-refractivity contribution in [2.75, 3.05) is 6.61 Å². The third-order valence-electron chi connectivity index (χ3n) is 6.49. The summed E-state index contributed by atoms with van der Waals surface area (Å²) in [7, 11) is 0. The number of ether oxygens (including phenoxy) is 1. The summed E-state index contributed by atoms with van der Waals surface area (Å²) in [5.74, 6) is -1.63. The summed E-state index contributed by atoms with van der Waals surface area (Å²) in [6.07, 6.45) is 9.23. The third-order valence-corrected chi connectivity index (χ3v) is 6.49. The Bertz CT molecular complexity index is 1190. The largest absolute Gasteiger partial charge is 0.491 e. The molecule has 0 N–H and O–H groups in total. The molecule has 1 aliphatic carbocycles. The van der Waals surface area contributed by atoms with Crippen LogP contribution in [0.15, 0.2) is 73.3 Å². The Kier molecular flexibility index (Phi) is 7.56. The average Bonchev–Trinajstić information content (AvgIpc) is 2.86. The first kappa shape index (κ1) is 23.9. The molecule has 4 heteroatoms. The van der Waals surface area contributed by atoms with Crippen LogP contribution in [-0.4, -0.2) is 6.61 Å². The van der Waals surface area contributed by atoms with E-state index in [4.69, 9.17) is 4.74 Å². The molecule has 0 saturated heterocycles. The van der Waals surface area contributed by atoms with Gasteiger partial charge < -0.3 is 4.74 Å². The molecule has 0 heterocycles. The normalized spacial score (nSPS) is 15.6. The van der Waals surface area contributed by atoms with Gasteiger partial charge in [-0.2, -0.15) is 4.39 Å². The van der Waals surface area contributed by atoms with Gasteiger partial charge in [0.05, 0.1) is 6.61 Å². The highest BCUT2D eigenvalue weighted by Gasteiger charge is 2.18. The van der Waals surface area contributed by atoms with Crippen molar-refractivity contribution in [3.8, 4) is 28.0 Å². The van der Waals surface area contributed by atoms with E-state index in [1.165, 1.54) is 12.1 Å². The summed E-state index contributed by atoms with van der Waals surface area (Å²) in [6, 6.07) is 15.3. The Morgan fingerprint density at radius 3 is 2.26 bits per heavy atom. The molecule has 0 bridgehead atoms. The molecular formula is C30H29F3O. The van der Waals surface area contributed by atoms with Crippen molar-refractivity contribution in [2.24, 2.45) is 5.92 Å². The molecule has 0 amide bonds. The monoisotopic (exact) mass is 462 g/mol. The van der Waals surface area contributed by atoms with Gasteiger partial charge in [-0.15, -0.1) is 6.58 Å². The molecular weight excluding hydrogens is 433 g/mol. The molecule has 0 saturated carbocycles. The second-order valence-electron chi connectivity index (χ2n) is 8.68. The van der Waals surface area contributed by atoms with Gasteiger partial charge in [0.1, 0.15) is 5.82 Å². The van der Waals surface area contributed by atoms with E-state index >= 15 is 4.39 Å². The first-order chi connectivity index (χ1) is 16.5. The lowest BCUT2D eigenvalue weighted by molar-refractivity contribution is 0.314. The van der Waals surface area contributed by atoms with Crippen molar-refractivity contribution in [2.45, 2.75) is 39.0 Å². The minimum Gasteiger partial charge on any atom is -0.491 e. The standard InChI is InChI=1S/C30H29F3O/c1-3-5-6-20-7-9-22(10-8-20)25-16-15-24(19-27(25)31)21-11-13-23(14-12-21)26-17-18-28(34-4-2)30(33)29(26)32/h3,9,11-20H,1,4-8,10H2,2H3. The minimum atomic E-state index is -0.995. The van der Waals surface area contributed by atoms with Crippen LogP contribution in [0, 0.1) is 23.4 Å². The predicted octanol–water partition coefficient (Wildman–Crippen LogP) is 8.99. The second-order valence-corrected chi connectivity index (χ2v) is 8.68. The molecule has 0 spiro atoms. The molecule has 0 radical (unpaired) electrons. The van der Waals surface area contributed by atoms with E-state index in [0.717, 1.165) is 48.8 Å². The van der Waals surface area contributed by atoms with E-state index < -0.39 is 11.6 Å². The van der Waals surface area contributed by atoms with Crippen LogP contribution in [0.25, 0.3) is 27.8 Å². The maximum atomic E-state index is 15.0. The Labute approximate surface area is 199 Å². The number of benzene rings is 3. The number of halogens is 3. The van der Waals surface area contributed by atoms with Gasteiger partial charge in [0.15, 0.2) is 11.6 Å². The van der Waals surface area contributed by atoms with Crippen LogP contribution in [0.4, 0.5) is 13.2 Å². The smallest absolute Gasteiger partial charge is 0.201 e. The number of hydrogen-bond donors (Lipinski definition) is 0. The average molecular weight is 463 g/mol. The quantitative estimate of drug-likeness (QED) is 0.304. The van der Waals surface area contributed by atoms with Gasteiger partial charge in [0, 0.05) is 11.1 Å². The topological polar surface area (TPSA) is 9.23 Å².